The molecule has 0 aliphatic rings. The van der Waals surface area contributed by atoms with Crippen molar-refractivity contribution < 1.29 is 53.4 Å². The molecule has 0 unspecified atom stereocenters. The Morgan fingerprint density at radius 3 is 0.897 bits per heavy atom. The lowest BCUT2D eigenvalue weighted by molar-refractivity contribution is -0.336. The van der Waals surface area contributed by atoms with Gasteiger partial charge < -0.3 is 5.11 Å². The van der Waals surface area contributed by atoms with Gasteiger partial charge in [0.1, 0.15) is 0 Å². The quantitative estimate of drug-likeness (QED) is 0.570. The summed E-state index contributed by atoms with van der Waals surface area (Å²) in [5.74, 6) is -5.96. The summed E-state index contributed by atoms with van der Waals surface area (Å²) in [4.78, 5) is 0. The minimum atomic E-state index is -6.38. The third kappa shape index (κ3) is 4.02. The topological polar surface area (TPSA) is 20.2 Å². The minimum Gasteiger partial charge on any atom is -0.374 e. The molecule has 2 aromatic rings. The summed E-state index contributed by atoms with van der Waals surface area (Å²) >= 11 is 0. The van der Waals surface area contributed by atoms with Crippen LogP contribution in [0.3, 0.4) is 0 Å². The molecule has 0 amide bonds. The van der Waals surface area contributed by atoms with E-state index in [0.717, 1.165) is 0 Å². The maximum Gasteiger partial charge on any atom is 0.457 e. The summed E-state index contributed by atoms with van der Waals surface area (Å²) < 4.78 is 143. The molecule has 0 heterocycles. The fourth-order valence-electron chi connectivity index (χ4n) is 2.54. The maximum absolute atomic E-state index is 14.2. The molecule has 0 spiro atoms. The van der Waals surface area contributed by atoms with E-state index in [1.165, 1.54) is 0 Å². The summed E-state index contributed by atoms with van der Waals surface area (Å²) in [6.45, 7) is 0. The van der Waals surface area contributed by atoms with Crippen molar-refractivity contribution in [3.8, 4) is 0 Å². The van der Waals surface area contributed by atoms with Crippen LogP contribution in [0.5, 0.6) is 0 Å². The molecule has 2 rings (SSSR count). The molecular formula is C17H9F11O. The van der Waals surface area contributed by atoms with Crippen LogP contribution in [0.2, 0.25) is 0 Å². The first-order valence-electron chi connectivity index (χ1n) is 7.45. The Kier molecular flexibility index (Phi) is 5.42. The second-order valence-electron chi connectivity index (χ2n) is 5.93. The highest BCUT2D eigenvalue weighted by Crippen LogP contribution is 2.52. The second-order valence-corrected chi connectivity index (χ2v) is 5.93. The van der Waals surface area contributed by atoms with Gasteiger partial charge in [-0.3, -0.25) is 0 Å². The Labute approximate surface area is 155 Å². The molecule has 0 atom stereocenters. The van der Waals surface area contributed by atoms with Crippen LogP contribution in [0, 0.1) is 0 Å². The Bertz CT molecular complexity index is 786. The number of hydrogen-bond acceptors (Lipinski definition) is 1. The summed E-state index contributed by atoms with van der Waals surface area (Å²) in [5, 5.41) is 10.4. The van der Waals surface area contributed by atoms with E-state index in [1.54, 1.807) is 0 Å². The first-order chi connectivity index (χ1) is 12.9. The van der Waals surface area contributed by atoms with Gasteiger partial charge in [0.25, 0.3) is 0 Å². The lowest BCUT2D eigenvalue weighted by atomic mass is 9.80. The van der Waals surface area contributed by atoms with E-state index in [4.69, 9.17) is 0 Å². The highest BCUT2D eigenvalue weighted by atomic mass is 19.4. The monoisotopic (exact) mass is 438 g/mol. The molecule has 2 aromatic carbocycles. The Morgan fingerprint density at radius 1 is 0.448 bits per heavy atom. The highest BCUT2D eigenvalue weighted by Gasteiger charge is 2.71. The Hall–Kier alpha value is -2.37. The molecule has 12 heteroatoms. The van der Waals surface area contributed by atoms with Crippen LogP contribution >= 0.6 is 0 Å². The van der Waals surface area contributed by atoms with Crippen molar-refractivity contribution in [1.29, 1.82) is 0 Å². The van der Waals surface area contributed by atoms with Crippen molar-refractivity contribution in [3.63, 3.8) is 0 Å². The number of benzene rings is 2. The van der Waals surface area contributed by atoms with E-state index < -0.39 is 52.3 Å². The van der Waals surface area contributed by atoms with E-state index in [9.17, 15) is 53.4 Å². The minimum absolute atomic E-state index is 0.164. The van der Waals surface area contributed by atoms with E-state index in [2.05, 4.69) is 0 Å². The van der Waals surface area contributed by atoms with Crippen molar-refractivity contribution in [2.24, 2.45) is 0 Å². The van der Waals surface area contributed by atoms with E-state index in [0.29, 0.717) is 0 Å². The molecule has 0 saturated heterocycles. The first-order valence-corrected chi connectivity index (χ1v) is 7.45. The van der Waals surface area contributed by atoms with Gasteiger partial charge in [0.15, 0.2) is 5.60 Å². The van der Waals surface area contributed by atoms with Crippen LogP contribution in [0.1, 0.15) is 22.3 Å². The van der Waals surface area contributed by atoms with Gasteiger partial charge in [-0.25, -0.2) is 0 Å². The Balaban J connectivity index is 2.71. The normalized spacial score (nSPS) is 14.2. The van der Waals surface area contributed by atoms with Crippen molar-refractivity contribution in [1.82, 2.24) is 0 Å². The van der Waals surface area contributed by atoms with Crippen LogP contribution < -0.4 is 0 Å². The average molecular weight is 438 g/mol. The van der Waals surface area contributed by atoms with E-state index >= 15 is 0 Å². The summed E-state index contributed by atoms with van der Waals surface area (Å²) in [6, 6.07) is 1.43. The zero-order valence-corrected chi connectivity index (χ0v) is 13.7. The van der Waals surface area contributed by atoms with Gasteiger partial charge in [-0.2, -0.15) is 48.3 Å². The molecule has 0 aromatic heterocycles. The van der Waals surface area contributed by atoms with Crippen LogP contribution in [0.15, 0.2) is 48.5 Å². The number of aliphatic hydroxyl groups is 1. The summed E-state index contributed by atoms with van der Waals surface area (Å²) in [5.41, 5.74) is -9.68. The van der Waals surface area contributed by atoms with Gasteiger partial charge in [-0.05, 0) is 35.4 Å². The van der Waals surface area contributed by atoms with Crippen LogP contribution in [0.25, 0.3) is 0 Å². The van der Waals surface area contributed by atoms with E-state index in [1.807, 2.05) is 0 Å². The zero-order chi connectivity index (χ0) is 22.5. The van der Waals surface area contributed by atoms with Gasteiger partial charge in [-0.1, -0.05) is 24.3 Å². The van der Waals surface area contributed by atoms with Gasteiger partial charge in [0, 0.05) is 0 Å². The average Bonchev–Trinajstić information content (AvgIpc) is 2.58. The second kappa shape index (κ2) is 6.85. The predicted molar refractivity (Wildman–Crippen MR) is 76.9 cm³/mol. The fourth-order valence-corrected chi connectivity index (χ4v) is 2.54. The molecule has 0 saturated carbocycles. The molecule has 0 aliphatic carbocycles. The first kappa shape index (κ1) is 22.9. The van der Waals surface area contributed by atoms with Crippen LogP contribution in [-0.2, 0) is 18.0 Å². The molecule has 0 fully saturated rings. The molecule has 29 heavy (non-hydrogen) atoms. The lowest BCUT2D eigenvalue weighted by Crippen LogP contribution is -2.55. The maximum atomic E-state index is 14.2. The summed E-state index contributed by atoms with van der Waals surface area (Å²) in [6.07, 6.45) is -16.3. The predicted octanol–water partition coefficient (Wildman–Crippen LogP) is 6.16. The molecule has 1 N–H and O–H groups in total. The van der Waals surface area contributed by atoms with Crippen LogP contribution in [-0.4, -0.2) is 17.2 Å². The van der Waals surface area contributed by atoms with Gasteiger partial charge in [0.05, 0.1) is 11.1 Å². The van der Waals surface area contributed by atoms with E-state index in [-0.39, 0.29) is 48.5 Å². The standard InChI is InChI=1S/C17H9F11O/c18-14(19,20)11-5-1-9(2-6-11)13(29,16(24,25)17(26,27)28)10-3-7-12(8-4-10)15(21,22)23/h1-8,29H. The van der Waals surface area contributed by atoms with Crippen molar-refractivity contribution in [3.05, 3.63) is 70.8 Å². The van der Waals surface area contributed by atoms with Crippen molar-refractivity contribution in [2.75, 3.05) is 0 Å². The van der Waals surface area contributed by atoms with Gasteiger partial charge >= 0.3 is 24.5 Å². The molecule has 0 bridgehead atoms. The summed E-state index contributed by atoms with van der Waals surface area (Å²) in [7, 11) is 0. The van der Waals surface area contributed by atoms with Crippen molar-refractivity contribution in [2.45, 2.75) is 30.1 Å². The third-order valence-corrected chi connectivity index (χ3v) is 4.07. The molecule has 160 valence electrons. The molecule has 1 nitrogen and oxygen atoms in total. The number of halogens is 11. The smallest absolute Gasteiger partial charge is 0.374 e. The zero-order valence-electron chi connectivity index (χ0n) is 13.7. The third-order valence-electron chi connectivity index (χ3n) is 4.07. The molecule has 0 aliphatic heterocycles. The van der Waals surface area contributed by atoms with Crippen molar-refractivity contribution >= 4 is 0 Å². The Morgan fingerprint density at radius 2 is 0.690 bits per heavy atom. The SMILES string of the molecule is OC(c1ccc(C(F)(F)F)cc1)(c1ccc(C(F)(F)F)cc1)C(F)(F)C(F)(F)F. The van der Waals surface area contributed by atoms with Crippen LogP contribution in [0.4, 0.5) is 48.3 Å². The highest BCUT2D eigenvalue weighted by molar-refractivity contribution is 5.42. The molecule has 0 radical (unpaired) electrons. The largest absolute Gasteiger partial charge is 0.457 e. The number of alkyl halides is 11. The fraction of sp³-hybridized carbons (Fsp3) is 0.294. The number of hydrogen-bond donors (Lipinski definition) is 1. The molecular weight excluding hydrogens is 429 g/mol. The lowest BCUT2D eigenvalue weighted by Gasteiger charge is -2.37. The number of rotatable bonds is 3. The van der Waals surface area contributed by atoms with Gasteiger partial charge in [0.2, 0.25) is 0 Å². The van der Waals surface area contributed by atoms with Gasteiger partial charge in [-0.15, -0.1) is 0 Å².